The number of carbonyl (C=O) groups is 1. The van der Waals surface area contributed by atoms with E-state index in [1.54, 1.807) is 11.9 Å². The van der Waals surface area contributed by atoms with Gasteiger partial charge in [0.05, 0.1) is 24.3 Å². The molecule has 0 unspecified atom stereocenters. The molecule has 0 spiro atoms. The number of hydrogen-bond donors (Lipinski definition) is 1. The minimum absolute atomic E-state index is 0.117. The number of carbonyl (C=O) groups excluding carboxylic acids is 1. The van der Waals surface area contributed by atoms with E-state index in [4.69, 9.17) is 4.52 Å². The molecule has 0 saturated heterocycles. The number of alkyl halides is 3. The van der Waals surface area contributed by atoms with Crippen LogP contribution in [-0.2, 0) is 23.9 Å². The molecule has 142 valence electrons. The quantitative estimate of drug-likeness (QED) is 0.809. The van der Waals surface area contributed by atoms with Gasteiger partial charge >= 0.3 is 6.18 Å². The number of nitrogens with zero attached hydrogens (tertiary/aromatic N) is 3. The molecule has 0 aliphatic heterocycles. The SMILES string of the molecule is CC(C)Cc1noc(CN(C)CC(=O)Nc2ccccc2C(F)(F)F)n1. The number of para-hydroxylation sites is 1. The molecule has 1 N–H and O–H groups in total. The largest absolute Gasteiger partial charge is 0.418 e. The fraction of sp³-hybridized carbons (Fsp3) is 0.471. The third-order valence-corrected chi connectivity index (χ3v) is 3.43. The molecule has 1 heterocycles. The highest BCUT2D eigenvalue weighted by molar-refractivity contribution is 5.93. The van der Waals surface area contributed by atoms with E-state index in [9.17, 15) is 18.0 Å². The minimum atomic E-state index is -4.54. The van der Waals surface area contributed by atoms with Crippen LogP contribution in [0.1, 0.15) is 31.1 Å². The Kier molecular flexibility index (Phi) is 6.36. The lowest BCUT2D eigenvalue weighted by molar-refractivity contribution is -0.137. The summed E-state index contributed by atoms with van der Waals surface area (Å²) in [6.07, 6.45) is -3.85. The summed E-state index contributed by atoms with van der Waals surface area (Å²) in [5.74, 6) is 0.766. The zero-order chi connectivity index (χ0) is 19.3. The molecule has 2 aromatic rings. The van der Waals surface area contributed by atoms with E-state index in [0.717, 1.165) is 6.07 Å². The molecule has 0 radical (unpaired) electrons. The normalized spacial score (nSPS) is 12.0. The van der Waals surface area contributed by atoms with Crippen molar-refractivity contribution in [1.82, 2.24) is 15.0 Å². The molecule has 26 heavy (non-hydrogen) atoms. The Morgan fingerprint density at radius 2 is 2.00 bits per heavy atom. The maximum atomic E-state index is 13.0. The minimum Gasteiger partial charge on any atom is -0.338 e. The van der Waals surface area contributed by atoms with Gasteiger partial charge in [-0.3, -0.25) is 9.69 Å². The Hall–Kier alpha value is -2.42. The second kappa shape index (κ2) is 8.31. The Bertz CT molecular complexity index is 744. The fourth-order valence-corrected chi connectivity index (χ4v) is 2.36. The lowest BCUT2D eigenvalue weighted by Crippen LogP contribution is -2.30. The first-order chi connectivity index (χ1) is 12.1. The van der Waals surface area contributed by atoms with Crippen molar-refractivity contribution < 1.29 is 22.5 Å². The smallest absolute Gasteiger partial charge is 0.338 e. The van der Waals surface area contributed by atoms with Crippen molar-refractivity contribution in [3.05, 3.63) is 41.5 Å². The number of hydrogen-bond acceptors (Lipinski definition) is 5. The summed E-state index contributed by atoms with van der Waals surface area (Å²) < 4.78 is 44.0. The first-order valence-electron chi connectivity index (χ1n) is 8.11. The number of nitrogens with one attached hydrogen (secondary N) is 1. The zero-order valence-electron chi connectivity index (χ0n) is 14.8. The fourth-order valence-electron chi connectivity index (χ4n) is 2.36. The molecule has 0 bridgehead atoms. The average Bonchev–Trinajstić information content (AvgIpc) is 2.92. The highest BCUT2D eigenvalue weighted by Crippen LogP contribution is 2.34. The van der Waals surface area contributed by atoms with Crippen molar-refractivity contribution in [3.8, 4) is 0 Å². The van der Waals surface area contributed by atoms with Gasteiger partial charge < -0.3 is 9.84 Å². The van der Waals surface area contributed by atoms with Crippen molar-refractivity contribution in [2.45, 2.75) is 33.0 Å². The maximum absolute atomic E-state index is 13.0. The molecule has 1 aromatic heterocycles. The summed E-state index contributed by atoms with van der Waals surface area (Å²) in [6.45, 7) is 4.17. The van der Waals surface area contributed by atoms with Crippen LogP contribution in [0.15, 0.2) is 28.8 Å². The van der Waals surface area contributed by atoms with Crippen molar-refractivity contribution in [1.29, 1.82) is 0 Å². The van der Waals surface area contributed by atoms with Crippen LogP contribution < -0.4 is 5.32 Å². The standard InChI is InChI=1S/C17H21F3N4O2/c1-11(2)8-14-22-16(26-23-14)10-24(3)9-15(25)21-13-7-5-4-6-12(13)17(18,19)20/h4-7,11H,8-10H2,1-3H3,(H,21,25). The first kappa shape index (κ1) is 19.9. The Morgan fingerprint density at radius 3 is 2.65 bits per heavy atom. The van der Waals surface area contributed by atoms with Crippen LogP contribution in [0.25, 0.3) is 0 Å². The molecular weight excluding hydrogens is 349 g/mol. The van der Waals surface area contributed by atoms with Gasteiger partial charge in [0, 0.05) is 6.42 Å². The van der Waals surface area contributed by atoms with Crippen LogP contribution in [-0.4, -0.2) is 34.5 Å². The van der Waals surface area contributed by atoms with E-state index in [0.29, 0.717) is 24.1 Å². The molecule has 1 amide bonds. The van der Waals surface area contributed by atoms with Crippen LogP contribution in [0.5, 0.6) is 0 Å². The Balaban J connectivity index is 1.93. The highest BCUT2D eigenvalue weighted by atomic mass is 19.4. The summed E-state index contributed by atoms with van der Waals surface area (Å²) in [5, 5.41) is 6.15. The molecule has 2 rings (SSSR count). The van der Waals surface area contributed by atoms with Gasteiger partial charge in [-0.05, 0) is 25.1 Å². The van der Waals surface area contributed by atoms with Gasteiger partial charge in [0.1, 0.15) is 0 Å². The predicted molar refractivity (Wildman–Crippen MR) is 89.2 cm³/mol. The maximum Gasteiger partial charge on any atom is 0.418 e. The van der Waals surface area contributed by atoms with E-state index in [-0.39, 0.29) is 18.8 Å². The summed E-state index contributed by atoms with van der Waals surface area (Å²) in [4.78, 5) is 17.9. The van der Waals surface area contributed by atoms with Crippen LogP contribution in [0.2, 0.25) is 0 Å². The van der Waals surface area contributed by atoms with Crippen molar-refractivity contribution in [3.63, 3.8) is 0 Å². The molecule has 6 nitrogen and oxygen atoms in total. The predicted octanol–water partition coefficient (Wildman–Crippen LogP) is 3.36. The summed E-state index contributed by atoms with van der Waals surface area (Å²) >= 11 is 0. The van der Waals surface area contributed by atoms with Crippen LogP contribution in [0.3, 0.4) is 0 Å². The number of aromatic nitrogens is 2. The molecular formula is C17H21F3N4O2. The van der Waals surface area contributed by atoms with E-state index in [2.05, 4.69) is 15.5 Å². The van der Waals surface area contributed by atoms with E-state index >= 15 is 0 Å². The lowest BCUT2D eigenvalue weighted by atomic mass is 10.1. The monoisotopic (exact) mass is 370 g/mol. The number of likely N-dealkylation sites (N-methyl/N-ethyl adjacent to an activating group) is 1. The van der Waals surface area contributed by atoms with Crippen LogP contribution >= 0.6 is 0 Å². The number of anilines is 1. The lowest BCUT2D eigenvalue weighted by Gasteiger charge is -2.16. The van der Waals surface area contributed by atoms with Gasteiger partial charge in [-0.1, -0.05) is 31.1 Å². The third-order valence-electron chi connectivity index (χ3n) is 3.43. The van der Waals surface area contributed by atoms with Crippen molar-refractivity contribution in [2.75, 3.05) is 18.9 Å². The van der Waals surface area contributed by atoms with E-state index in [1.807, 2.05) is 13.8 Å². The van der Waals surface area contributed by atoms with Gasteiger partial charge in [0.25, 0.3) is 0 Å². The molecule has 9 heteroatoms. The second-order valence-corrected chi connectivity index (χ2v) is 6.47. The number of amides is 1. The van der Waals surface area contributed by atoms with Gasteiger partial charge in [0.2, 0.25) is 11.8 Å². The highest BCUT2D eigenvalue weighted by Gasteiger charge is 2.33. The molecule has 1 aromatic carbocycles. The Labute approximate surface area is 149 Å². The van der Waals surface area contributed by atoms with Crippen LogP contribution in [0.4, 0.5) is 18.9 Å². The first-order valence-corrected chi connectivity index (χ1v) is 8.11. The van der Waals surface area contributed by atoms with Crippen molar-refractivity contribution >= 4 is 11.6 Å². The van der Waals surface area contributed by atoms with E-state index < -0.39 is 17.6 Å². The molecule has 0 aliphatic rings. The van der Waals surface area contributed by atoms with Crippen molar-refractivity contribution in [2.24, 2.45) is 5.92 Å². The summed E-state index contributed by atoms with van der Waals surface area (Å²) in [7, 11) is 1.64. The zero-order valence-corrected chi connectivity index (χ0v) is 14.8. The molecule has 0 aliphatic carbocycles. The van der Waals surface area contributed by atoms with Gasteiger partial charge in [-0.2, -0.15) is 18.2 Å². The number of rotatable bonds is 7. The third kappa shape index (κ3) is 5.83. The van der Waals surface area contributed by atoms with Crippen LogP contribution in [0, 0.1) is 5.92 Å². The second-order valence-electron chi connectivity index (χ2n) is 6.47. The molecule has 0 atom stereocenters. The summed E-state index contributed by atoms with van der Waals surface area (Å²) in [6, 6.07) is 4.85. The number of benzene rings is 1. The number of halogens is 3. The van der Waals surface area contributed by atoms with Gasteiger partial charge in [0.15, 0.2) is 5.82 Å². The Morgan fingerprint density at radius 1 is 1.31 bits per heavy atom. The molecule has 0 fully saturated rings. The summed E-state index contributed by atoms with van der Waals surface area (Å²) in [5.41, 5.74) is -1.15. The topological polar surface area (TPSA) is 71.3 Å². The average molecular weight is 370 g/mol. The van der Waals surface area contributed by atoms with Gasteiger partial charge in [-0.15, -0.1) is 0 Å². The van der Waals surface area contributed by atoms with E-state index in [1.165, 1.54) is 18.2 Å². The van der Waals surface area contributed by atoms with Gasteiger partial charge in [-0.25, -0.2) is 0 Å². The molecule has 0 saturated carbocycles.